The Hall–Kier alpha value is -3.37. The van der Waals surface area contributed by atoms with Crippen LogP contribution in [0.15, 0.2) is 36.9 Å². The van der Waals surface area contributed by atoms with E-state index in [4.69, 9.17) is 29.9 Å². The molecule has 4 heterocycles. The number of aromatic nitrogens is 4. The molecule has 0 unspecified atom stereocenters. The van der Waals surface area contributed by atoms with Gasteiger partial charge in [-0.2, -0.15) is 8.42 Å². The van der Waals surface area contributed by atoms with E-state index in [1.165, 1.54) is 24.8 Å². The fourth-order valence-corrected chi connectivity index (χ4v) is 4.84. The van der Waals surface area contributed by atoms with Crippen molar-refractivity contribution in [2.24, 2.45) is 0 Å². The summed E-state index contributed by atoms with van der Waals surface area (Å²) in [6.07, 6.45) is -0.159. The number of nitrogens with two attached hydrogens (primary N) is 2. The smallest absolute Gasteiger partial charge is 0.362 e. The highest BCUT2D eigenvalue weighted by Crippen LogP contribution is 2.44. The van der Waals surface area contributed by atoms with E-state index in [-0.39, 0.29) is 17.1 Å². The number of fused-ring (bicyclic) bond motifs is 2. The molecule has 2 aliphatic rings. The van der Waals surface area contributed by atoms with Gasteiger partial charge in [0.15, 0.2) is 23.5 Å². The summed E-state index contributed by atoms with van der Waals surface area (Å²) in [5.41, 5.74) is 12.5. The number of benzene rings is 1. The van der Waals surface area contributed by atoms with Gasteiger partial charge in [0.2, 0.25) is 0 Å². The van der Waals surface area contributed by atoms with Gasteiger partial charge in [0, 0.05) is 5.69 Å². The second-order valence-corrected chi connectivity index (χ2v) is 9.82. The summed E-state index contributed by atoms with van der Waals surface area (Å²) in [6.45, 7) is 3.01. The van der Waals surface area contributed by atoms with E-state index in [1.807, 2.05) is 4.72 Å². The van der Waals surface area contributed by atoms with Crippen molar-refractivity contribution in [1.29, 1.82) is 0 Å². The molecule has 5 rings (SSSR count). The van der Waals surface area contributed by atoms with Crippen LogP contribution in [0.3, 0.4) is 0 Å². The van der Waals surface area contributed by atoms with Gasteiger partial charge in [0.25, 0.3) is 5.91 Å². The van der Waals surface area contributed by atoms with Crippen molar-refractivity contribution in [2.45, 2.75) is 44.2 Å². The third-order valence-electron chi connectivity index (χ3n) is 5.60. The zero-order chi connectivity index (χ0) is 25.0. The molecule has 14 nitrogen and oxygen atoms in total. The van der Waals surface area contributed by atoms with Crippen LogP contribution in [0, 0.1) is 0 Å². The quantitative estimate of drug-likeness (QED) is 0.383. The first-order valence-electron chi connectivity index (χ1n) is 10.5. The third-order valence-corrected chi connectivity index (χ3v) is 6.48. The Kier molecular flexibility index (Phi) is 5.60. The van der Waals surface area contributed by atoms with E-state index in [9.17, 15) is 13.2 Å². The molecule has 0 radical (unpaired) electrons. The molecule has 15 heteroatoms. The third kappa shape index (κ3) is 4.39. The lowest BCUT2D eigenvalue weighted by atomic mass is 10.1. The Morgan fingerprint density at radius 3 is 2.69 bits per heavy atom. The van der Waals surface area contributed by atoms with Crippen molar-refractivity contribution in [1.82, 2.24) is 24.2 Å². The monoisotopic (exact) mass is 505 g/mol. The molecule has 1 amide bonds. The maximum absolute atomic E-state index is 12.5. The summed E-state index contributed by atoms with van der Waals surface area (Å²) in [4.78, 5) is 24.7. The molecule has 4 atom stereocenters. The molecule has 2 aromatic heterocycles. The number of carbonyl (C=O) groups is 1. The van der Waals surface area contributed by atoms with Gasteiger partial charge in [-0.15, -0.1) is 0 Å². The number of nitrogens with zero attached hydrogens (tertiary/aromatic N) is 4. The zero-order valence-electron chi connectivity index (χ0n) is 18.7. The van der Waals surface area contributed by atoms with Crippen molar-refractivity contribution in [3.63, 3.8) is 0 Å². The molecule has 1 aromatic carbocycles. The fourth-order valence-electron chi connectivity index (χ4n) is 4.13. The summed E-state index contributed by atoms with van der Waals surface area (Å²) in [5, 5.41) is 0. The summed E-state index contributed by atoms with van der Waals surface area (Å²) < 4.78 is 51.5. The largest absolute Gasteiger partial charge is 0.398 e. The summed E-state index contributed by atoms with van der Waals surface area (Å²) in [5.74, 6) is -1.68. The van der Waals surface area contributed by atoms with E-state index >= 15 is 0 Å². The SMILES string of the molecule is CC1(C)O[C@@H]2[C@H](O1)[C@@H](COS(=O)(=O)NC(=O)c1ccccc1N)O[C@H]2n1cnc2c(N)ncnc21. The Labute approximate surface area is 199 Å². The van der Waals surface area contributed by atoms with Gasteiger partial charge in [-0.05, 0) is 26.0 Å². The van der Waals surface area contributed by atoms with Gasteiger partial charge in [0.05, 0.1) is 18.5 Å². The van der Waals surface area contributed by atoms with Crippen LogP contribution in [0.5, 0.6) is 0 Å². The number of anilines is 2. The Balaban J connectivity index is 1.34. The van der Waals surface area contributed by atoms with E-state index in [0.29, 0.717) is 11.2 Å². The van der Waals surface area contributed by atoms with Crippen molar-refractivity contribution in [3.8, 4) is 0 Å². The minimum Gasteiger partial charge on any atom is -0.398 e. The number of rotatable bonds is 6. The van der Waals surface area contributed by atoms with Crippen LogP contribution in [0.2, 0.25) is 0 Å². The highest BCUT2D eigenvalue weighted by molar-refractivity contribution is 7.85. The first-order chi connectivity index (χ1) is 16.5. The van der Waals surface area contributed by atoms with Crippen molar-refractivity contribution in [2.75, 3.05) is 18.1 Å². The summed E-state index contributed by atoms with van der Waals surface area (Å²) in [6, 6.07) is 6.05. The lowest BCUT2D eigenvalue weighted by Gasteiger charge is -2.24. The highest BCUT2D eigenvalue weighted by atomic mass is 32.2. The molecular formula is C20H23N7O7S. The molecule has 5 N–H and O–H groups in total. The standard InChI is InChI=1S/C20H23N7O7S/c1-20(2)33-14-12(7-31-35(29,30)26-18(28)10-5-3-4-6-11(10)21)32-19(15(14)34-20)27-9-25-13-16(22)23-8-24-17(13)27/h3-6,8-9,12,14-15,19H,7,21H2,1-2H3,(H,26,28)(H2,22,23,24)/t12-,14-,15-,19-/m1/s1. The normalized spacial score (nSPS) is 25.5. The first-order valence-corrected chi connectivity index (χ1v) is 12.0. The minimum atomic E-state index is -4.49. The number of carbonyl (C=O) groups excluding carboxylic acids is 1. The lowest BCUT2D eigenvalue weighted by molar-refractivity contribution is -0.198. The molecule has 2 fully saturated rings. The molecule has 0 spiro atoms. The van der Waals surface area contributed by atoms with Gasteiger partial charge in [-0.3, -0.25) is 13.5 Å². The Bertz CT molecular complexity index is 1390. The predicted molar refractivity (Wildman–Crippen MR) is 121 cm³/mol. The average Bonchev–Trinajstić information content (AvgIpc) is 3.44. The van der Waals surface area contributed by atoms with E-state index in [0.717, 1.165) is 0 Å². The highest BCUT2D eigenvalue weighted by Gasteiger charge is 2.56. The number of hydrogen-bond acceptors (Lipinski definition) is 12. The van der Waals surface area contributed by atoms with Crippen molar-refractivity contribution >= 4 is 38.9 Å². The molecular weight excluding hydrogens is 482 g/mol. The van der Waals surface area contributed by atoms with Crippen LogP contribution in [-0.2, 0) is 28.7 Å². The van der Waals surface area contributed by atoms with E-state index in [1.54, 1.807) is 30.5 Å². The number of nitrogens with one attached hydrogen (secondary N) is 1. The maximum atomic E-state index is 12.5. The van der Waals surface area contributed by atoms with E-state index < -0.39 is 53.1 Å². The molecule has 0 aliphatic carbocycles. The molecule has 35 heavy (non-hydrogen) atoms. The van der Waals surface area contributed by atoms with Crippen LogP contribution in [0.25, 0.3) is 11.2 Å². The van der Waals surface area contributed by atoms with Crippen LogP contribution in [-0.4, -0.2) is 64.5 Å². The molecule has 186 valence electrons. The Morgan fingerprint density at radius 2 is 1.91 bits per heavy atom. The second-order valence-electron chi connectivity index (χ2n) is 8.47. The van der Waals surface area contributed by atoms with E-state index in [2.05, 4.69) is 15.0 Å². The van der Waals surface area contributed by atoms with Gasteiger partial charge in [-0.1, -0.05) is 12.1 Å². The average molecular weight is 506 g/mol. The molecule has 3 aromatic rings. The predicted octanol–water partition coefficient (Wildman–Crippen LogP) is 0.0996. The van der Waals surface area contributed by atoms with Gasteiger partial charge < -0.3 is 25.7 Å². The van der Waals surface area contributed by atoms with Crippen LogP contribution in [0.1, 0.15) is 30.4 Å². The topological polar surface area (TPSA) is 196 Å². The summed E-state index contributed by atoms with van der Waals surface area (Å²) in [7, 11) is -4.49. The van der Waals surface area contributed by atoms with Crippen LogP contribution >= 0.6 is 0 Å². The number of imidazole rings is 1. The number of amides is 1. The molecule has 2 saturated heterocycles. The summed E-state index contributed by atoms with van der Waals surface area (Å²) >= 11 is 0. The van der Waals surface area contributed by atoms with Gasteiger partial charge in [-0.25, -0.2) is 19.7 Å². The zero-order valence-corrected chi connectivity index (χ0v) is 19.5. The first kappa shape index (κ1) is 23.4. The van der Waals surface area contributed by atoms with Crippen molar-refractivity contribution < 1.29 is 31.6 Å². The Morgan fingerprint density at radius 1 is 1.17 bits per heavy atom. The minimum absolute atomic E-state index is 0.000515. The number of nitrogen functional groups attached to an aromatic ring is 2. The van der Waals surface area contributed by atoms with Gasteiger partial charge >= 0.3 is 10.3 Å². The van der Waals surface area contributed by atoms with Crippen LogP contribution in [0.4, 0.5) is 11.5 Å². The molecule has 0 bridgehead atoms. The van der Waals surface area contributed by atoms with Crippen molar-refractivity contribution in [3.05, 3.63) is 42.5 Å². The van der Waals surface area contributed by atoms with Gasteiger partial charge in [0.1, 0.15) is 30.2 Å². The molecule has 2 aliphatic heterocycles. The number of hydrogen-bond donors (Lipinski definition) is 3. The molecule has 0 saturated carbocycles. The fraction of sp³-hybridized carbons (Fsp3) is 0.400. The number of para-hydroxylation sites is 1. The maximum Gasteiger partial charge on any atom is 0.362 e. The lowest BCUT2D eigenvalue weighted by Crippen LogP contribution is -2.37. The van der Waals surface area contributed by atoms with Crippen LogP contribution < -0.4 is 16.2 Å². The second kappa shape index (κ2) is 8.39. The number of ether oxygens (including phenoxy) is 3.